The average molecular weight is 427 g/mol. The lowest BCUT2D eigenvalue weighted by molar-refractivity contribution is 1.11. The van der Waals surface area contributed by atoms with Crippen molar-refractivity contribution in [1.29, 1.82) is 0 Å². The standard InChI is InChI=1S/C26H22N2S2/c1-27(19-9-5-3-6-10-19)21-13-15-23-25(17-21)29-24-16-14-22(18-26(24)30-23)28(2)20-11-7-4-8-12-20/h3-18H,1-2H3. The zero-order valence-corrected chi connectivity index (χ0v) is 18.6. The van der Waals surface area contributed by atoms with E-state index in [1.165, 1.54) is 42.3 Å². The van der Waals surface area contributed by atoms with E-state index in [4.69, 9.17) is 0 Å². The predicted octanol–water partition coefficient (Wildman–Crippen LogP) is 7.84. The first-order chi connectivity index (χ1) is 14.7. The van der Waals surface area contributed by atoms with Gasteiger partial charge in [0.2, 0.25) is 0 Å². The molecular formula is C26H22N2S2. The molecule has 4 aromatic carbocycles. The van der Waals surface area contributed by atoms with Gasteiger partial charge in [-0.2, -0.15) is 0 Å². The molecule has 1 aliphatic rings. The molecule has 0 bridgehead atoms. The summed E-state index contributed by atoms with van der Waals surface area (Å²) in [5, 5.41) is 0. The zero-order valence-electron chi connectivity index (χ0n) is 16.9. The fourth-order valence-electron chi connectivity index (χ4n) is 3.58. The molecule has 0 saturated heterocycles. The Kier molecular flexibility index (Phi) is 5.19. The lowest BCUT2D eigenvalue weighted by Crippen LogP contribution is -2.10. The van der Waals surface area contributed by atoms with Crippen LogP contribution in [0.25, 0.3) is 0 Å². The fraction of sp³-hybridized carbons (Fsp3) is 0.0769. The van der Waals surface area contributed by atoms with Crippen molar-refractivity contribution in [2.24, 2.45) is 0 Å². The van der Waals surface area contributed by atoms with E-state index in [0.29, 0.717) is 0 Å². The van der Waals surface area contributed by atoms with Gasteiger partial charge in [0.05, 0.1) is 0 Å². The molecule has 1 aliphatic heterocycles. The van der Waals surface area contributed by atoms with Gasteiger partial charge in [0.15, 0.2) is 0 Å². The Bertz CT molecular complexity index is 1080. The highest BCUT2D eigenvalue weighted by Gasteiger charge is 2.19. The van der Waals surface area contributed by atoms with Gasteiger partial charge in [-0.15, -0.1) is 0 Å². The molecule has 0 saturated carbocycles. The summed E-state index contributed by atoms with van der Waals surface area (Å²) in [5.41, 5.74) is 4.80. The molecule has 0 aliphatic carbocycles. The quantitative estimate of drug-likeness (QED) is 0.289. The maximum Gasteiger partial charge on any atom is 0.0420 e. The Hall–Kier alpha value is -2.82. The van der Waals surface area contributed by atoms with Crippen LogP contribution in [0.15, 0.2) is 117 Å². The first-order valence-corrected chi connectivity index (χ1v) is 11.5. The SMILES string of the molecule is CN(c1ccccc1)c1ccc2c(c1)Sc1ccc(N(C)c3ccccc3)cc1S2. The molecule has 0 N–H and O–H groups in total. The molecule has 0 aromatic heterocycles. The summed E-state index contributed by atoms with van der Waals surface area (Å²) < 4.78 is 0. The van der Waals surface area contributed by atoms with E-state index >= 15 is 0 Å². The molecule has 0 spiro atoms. The van der Waals surface area contributed by atoms with Gasteiger partial charge < -0.3 is 9.80 Å². The molecule has 148 valence electrons. The van der Waals surface area contributed by atoms with Gasteiger partial charge in [-0.05, 0) is 60.7 Å². The van der Waals surface area contributed by atoms with Crippen molar-refractivity contribution in [1.82, 2.24) is 0 Å². The first kappa shape index (κ1) is 19.2. The van der Waals surface area contributed by atoms with Gasteiger partial charge >= 0.3 is 0 Å². The van der Waals surface area contributed by atoms with E-state index in [1.54, 1.807) is 0 Å². The fourth-order valence-corrected chi connectivity index (χ4v) is 5.84. The monoisotopic (exact) mass is 426 g/mol. The normalized spacial score (nSPS) is 12.1. The molecule has 4 heteroatoms. The van der Waals surface area contributed by atoms with Crippen LogP contribution in [0, 0.1) is 0 Å². The molecule has 4 aromatic rings. The third-order valence-corrected chi connectivity index (χ3v) is 7.88. The molecule has 0 atom stereocenters. The lowest BCUT2D eigenvalue weighted by atomic mass is 10.2. The third kappa shape index (κ3) is 3.69. The lowest BCUT2D eigenvalue weighted by Gasteiger charge is -2.25. The Balaban J connectivity index is 1.41. The number of nitrogens with zero attached hydrogens (tertiary/aromatic N) is 2. The van der Waals surface area contributed by atoms with Crippen molar-refractivity contribution in [3.05, 3.63) is 97.1 Å². The molecule has 0 unspecified atom stereocenters. The minimum atomic E-state index is 1.19. The summed E-state index contributed by atoms with van der Waals surface area (Å²) in [6.45, 7) is 0. The molecule has 5 rings (SSSR count). The maximum absolute atomic E-state index is 2.30. The van der Waals surface area contributed by atoms with Crippen LogP contribution in [0.1, 0.15) is 0 Å². The molecule has 30 heavy (non-hydrogen) atoms. The highest BCUT2D eigenvalue weighted by atomic mass is 32.2. The van der Waals surface area contributed by atoms with Crippen molar-refractivity contribution in [2.45, 2.75) is 19.6 Å². The Morgan fingerprint density at radius 1 is 0.433 bits per heavy atom. The van der Waals surface area contributed by atoms with Crippen LogP contribution in [0.5, 0.6) is 0 Å². The van der Waals surface area contributed by atoms with E-state index in [-0.39, 0.29) is 0 Å². The maximum atomic E-state index is 2.30. The van der Waals surface area contributed by atoms with Crippen LogP contribution >= 0.6 is 23.5 Å². The van der Waals surface area contributed by atoms with Crippen LogP contribution in [0.2, 0.25) is 0 Å². The topological polar surface area (TPSA) is 6.48 Å². The van der Waals surface area contributed by atoms with Gasteiger partial charge in [0.25, 0.3) is 0 Å². The smallest absolute Gasteiger partial charge is 0.0420 e. The van der Waals surface area contributed by atoms with E-state index in [0.717, 1.165) is 0 Å². The van der Waals surface area contributed by atoms with Gasteiger partial charge in [0, 0.05) is 56.4 Å². The second-order valence-electron chi connectivity index (χ2n) is 7.26. The molecular weight excluding hydrogens is 404 g/mol. The van der Waals surface area contributed by atoms with Gasteiger partial charge in [-0.1, -0.05) is 59.9 Å². The summed E-state index contributed by atoms with van der Waals surface area (Å²) in [6, 6.07) is 34.5. The molecule has 0 fully saturated rings. The summed E-state index contributed by atoms with van der Waals surface area (Å²) in [6.07, 6.45) is 0. The molecule has 2 nitrogen and oxygen atoms in total. The summed E-state index contributed by atoms with van der Waals surface area (Å²) in [5.74, 6) is 0. The largest absolute Gasteiger partial charge is 0.345 e. The van der Waals surface area contributed by atoms with Crippen LogP contribution < -0.4 is 9.80 Å². The number of para-hydroxylation sites is 2. The van der Waals surface area contributed by atoms with Gasteiger partial charge in [0.1, 0.15) is 0 Å². The predicted molar refractivity (Wildman–Crippen MR) is 130 cm³/mol. The Morgan fingerprint density at radius 2 is 0.833 bits per heavy atom. The second kappa shape index (κ2) is 8.13. The van der Waals surface area contributed by atoms with Crippen molar-refractivity contribution in [2.75, 3.05) is 23.9 Å². The molecule has 1 heterocycles. The van der Waals surface area contributed by atoms with Crippen LogP contribution in [0.3, 0.4) is 0 Å². The summed E-state index contributed by atoms with van der Waals surface area (Å²) >= 11 is 3.72. The average Bonchev–Trinajstić information content (AvgIpc) is 2.82. The zero-order chi connectivity index (χ0) is 20.5. The summed E-state index contributed by atoms with van der Waals surface area (Å²) in [7, 11) is 4.24. The minimum Gasteiger partial charge on any atom is -0.345 e. The van der Waals surface area contributed by atoms with Gasteiger partial charge in [-0.25, -0.2) is 0 Å². The van der Waals surface area contributed by atoms with Crippen molar-refractivity contribution < 1.29 is 0 Å². The van der Waals surface area contributed by atoms with Crippen molar-refractivity contribution >= 4 is 46.3 Å². The van der Waals surface area contributed by atoms with E-state index in [9.17, 15) is 0 Å². The Morgan fingerprint density at radius 3 is 1.23 bits per heavy atom. The third-order valence-electron chi connectivity index (χ3n) is 5.36. The highest BCUT2D eigenvalue weighted by molar-refractivity contribution is 8.05. The first-order valence-electron chi connectivity index (χ1n) is 9.90. The number of anilines is 4. The number of hydrogen-bond acceptors (Lipinski definition) is 4. The number of rotatable bonds is 4. The van der Waals surface area contributed by atoms with Gasteiger partial charge in [-0.3, -0.25) is 0 Å². The summed E-state index contributed by atoms with van der Waals surface area (Å²) in [4.78, 5) is 9.74. The molecule has 0 amide bonds. The van der Waals surface area contributed by atoms with E-state index in [2.05, 4.69) is 121 Å². The van der Waals surface area contributed by atoms with Crippen molar-refractivity contribution in [3.63, 3.8) is 0 Å². The Labute approximate surface area is 186 Å². The second-order valence-corrected chi connectivity index (χ2v) is 9.42. The molecule has 0 radical (unpaired) electrons. The van der Waals surface area contributed by atoms with Crippen LogP contribution in [-0.2, 0) is 0 Å². The van der Waals surface area contributed by atoms with Crippen LogP contribution in [-0.4, -0.2) is 14.1 Å². The number of hydrogen-bond donors (Lipinski definition) is 0. The van der Waals surface area contributed by atoms with Crippen LogP contribution in [0.4, 0.5) is 22.7 Å². The minimum absolute atomic E-state index is 1.19. The number of fused-ring (bicyclic) bond motifs is 2. The van der Waals surface area contributed by atoms with E-state index < -0.39 is 0 Å². The number of benzene rings is 4. The van der Waals surface area contributed by atoms with Crippen molar-refractivity contribution in [3.8, 4) is 0 Å². The highest BCUT2D eigenvalue weighted by Crippen LogP contribution is 2.50. The van der Waals surface area contributed by atoms with E-state index in [1.807, 2.05) is 23.5 Å².